The summed E-state index contributed by atoms with van der Waals surface area (Å²) in [6.45, 7) is 1.21. The molecule has 2 aromatic rings. The van der Waals surface area contributed by atoms with Crippen LogP contribution in [0.4, 0.5) is 0 Å². The van der Waals surface area contributed by atoms with Crippen molar-refractivity contribution in [2.75, 3.05) is 0 Å². The number of fused-ring (bicyclic) bond motifs is 1. The lowest BCUT2D eigenvalue weighted by molar-refractivity contribution is -0.136. The monoisotopic (exact) mass is 445 g/mol. The molecule has 2 fully saturated rings. The molecule has 1 saturated heterocycles. The quantitative estimate of drug-likeness (QED) is 0.669. The van der Waals surface area contributed by atoms with Crippen molar-refractivity contribution >= 4 is 17.7 Å². The number of carbonyl (C=O) groups is 3. The fourth-order valence-electron chi connectivity index (χ4n) is 5.61. The molecule has 3 amide bonds. The van der Waals surface area contributed by atoms with Crippen LogP contribution in [0.5, 0.6) is 0 Å². The summed E-state index contributed by atoms with van der Waals surface area (Å²) in [5.74, 6) is -0.0208. The zero-order chi connectivity index (χ0) is 22.8. The smallest absolute Gasteiger partial charge is 0.255 e. The summed E-state index contributed by atoms with van der Waals surface area (Å²) >= 11 is 0. The van der Waals surface area contributed by atoms with Crippen molar-refractivity contribution < 1.29 is 14.4 Å². The van der Waals surface area contributed by atoms with E-state index in [0.717, 1.165) is 30.0 Å². The van der Waals surface area contributed by atoms with Gasteiger partial charge in [-0.15, -0.1) is 0 Å². The molecule has 0 radical (unpaired) electrons. The molecular formula is C27H31N3O3. The van der Waals surface area contributed by atoms with Gasteiger partial charge < -0.3 is 10.2 Å². The molecule has 2 aromatic carbocycles. The summed E-state index contributed by atoms with van der Waals surface area (Å²) in [6.07, 6.45) is 6.78. The summed E-state index contributed by atoms with van der Waals surface area (Å²) < 4.78 is 0. The minimum absolute atomic E-state index is 0.116. The topological polar surface area (TPSA) is 78.5 Å². The van der Waals surface area contributed by atoms with Crippen molar-refractivity contribution in [3.8, 4) is 0 Å². The lowest BCUT2D eigenvalue weighted by Gasteiger charge is -2.30. The number of amides is 3. The summed E-state index contributed by atoms with van der Waals surface area (Å²) in [5, 5.41) is 6.10. The Bertz CT molecular complexity index is 1050. The first-order valence-corrected chi connectivity index (χ1v) is 12.1. The standard InChI is InChI=1S/C27H31N3O3/c31-25-12-11-24(26(32)29-25)30-17-21-14-20(9-10-23(21)27(30)33)16-28-22-8-4-7-19(15-22)13-18-5-2-1-3-6-18/h1-3,5-6,9-10,14,19,22,24,28H,4,7-8,11-13,15-17H2,(H,29,31,32)/t19-,22+,24?/m0/s1. The number of hydrogen-bond donors (Lipinski definition) is 2. The molecule has 3 aliphatic rings. The van der Waals surface area contributed by atoms with Crippen molar-refractivity contribution in [2.45, 2.75) is 70.1 Å². The molecule has 0 aromatic heterocycles. The van der Waals surface area contributed by atoms with E-state index in [1.54, 1.807) is 4.90 Å². The van der Waals surface area contributed by atoms with Gasteiger partial charge in [0.2, 0.25) is 11.8 Å². The lowest BCUT2D eigenvalue weighted by Crippen LogP contribution is -2.52. The molecule has 6 nitrogen and oxygen atoms in total. The van der Waals surface area contributed by atoms with E-state index in [4.69, 9.17) is 0 Å². The van der Waals surface area contributed by atoms with Gasteiger partial charge in [-0.2, -0.15) is 0 Å². The van der Waals surface area contributed by atoms with Gasteiger partial charge in [-0.1, -0.05) is 55.3 Å². The van der Waals surface area contributed by atoms with Gasteiger partial charge in [-0.05, 0) is 54.4 Å². The second kappa shape index (κ2) is 9.48. The molecule has 2 N–H and O–H groups in total. The SMILES string of the molecule is O=C1CCC(N2Cc3cc(CN[C@@H]4CCC[C@@H](Cc5ccccc5)C4)ccc3C2=O)C(=O)N1. The molecule has 2 heterocycles. The molecule has 0 spiro atoms. The van der Waals surface area contributed by atoms with E-state index in [2.05, 4.69) is 47.0 Å². The summed E-state index contributed by atoms with van der Waals surface area (Å²) in [7, 11) is 0. The van der Waals surface area contributed by atoms with Gasteiger partial charge in [0.1, 0.15) is 6.04 Å². The number of nitrogens with zero attached hydrogens (tertiary/aromatic N) is 1. The van der Waals surface area contributed by atoms with E-state index in [0.29, 0.717) is 24.6 Å². The molecule has 1 aliphatic carbocycles. The molecule has 5 rings (SSSR count). The Labute approximate surface area is 194 Å². The van der Waals surface area contributed by atoms with Gasteiger partial charge in [-0.25, -0.2) is 0 Å². The Balaban J connectivity index is 1.18. The summed E-state index contributed by atoms with van der Waals surface area (Å²) in [6, 6.07) is 16.7. The van der Waals surface area contributed by atoms with Crippen molar-refractivity contribution in [1.82, 2.24) is 15.5 Å². The molecule has 2 aliphatic heterocycles. The van der Waals surface area contributed by atoms with Crippen LogP contribution >= 0.6 is 0 Å². The number of imide groups is 1. The average Bonchev–Trinajstić information content (AvgIpc) is 3.14. The van der Waals surface area contributed by atoms with Crippen LogP contribution in [-0.4, -0.2) is 34.7 Å². The number of piperidine rings is 1. The molecule has 3 atom stereocenters. The van der Waals surface area contributed by atoms with Gasteiger partial charge in [0, 0.05) is 31.1 Å². The maximum Gasteiger partial charge on any atom is 0.255 e. The molecule has 1 unspecified atom stereocenters. The zero-order valence-corrected chi connectivity index (χ0v) is 18.9. The molecule has 6 heteroatoms. The van der Waals surface area contributed by atoms with Crippen LogP contribution in [-0.2, 0) is 29.1 Å². The number of nitrogens with one attached hydrogen (secondary N) is 2. The highest BCUT2D eigenvalue weighted by molar-refractivity contribution is 6.05. The van der Waals surface area contributed by atoms with Crippen molar-refractivity contribution in [2.24, 2.45) is 5.92 Å². The highest BCUT2D eigenvalue weighted by Gasteiger charge is 2.39. The maximum absolute atomic E-state index is 12.9. The number of hydrogen-bond acceptors (Lipinski definition) is 4. The Kier molecular flexibility index (Phi) is 6.27. The lowest BCUT2D eigenvalue weighted by atomic mass is 9.82. The van der Waals surface area contributed by atoms with Crippen LogP contribution < -0.4 is 10.6 Å². The minimum atomic E-state index is -0.562. The van der Waals surface area contributed by atoms with Gasteiger partial charge in [0.05, 0.1) is 0 Å². The van der Waals surface area contributed by atoms with E-state index in [1.165, 1.54) is 31.2 Å². The fourth-order valence-corrected chi connectivity index (χ4v) is 5.61. The van der Waals surface area contributed by atoms with E-state index in [9.17, 15) is 14.4 Å². The second-order valence-corrected chi connectivity index (χ2v) is 9.69. The first kappa shape index (κ1) is 21.8. The van der Waals surface area contributed by atoms with Crippen LogP contribution in [0.1, 0.15) is 65.6 Å². The van der Waals surface area contributed by atoms with E-state index < -0.39 is 6.04 Å². The first-order valence-electron chi connectivity index (χ1n) is 12.1. The second-order valence-electron chi connectivity index (χ2n) is 9.69. The molecule has 33 heavy (non-hydrogen) atoms. The maximum atomic E-state index is 12.9. The minimum Gasteiger partial charge on any atom is -0.322 e. The van der Waals surface area contributed by atoms with Gasteiger partial charge in [0.25, 0.3) is 5.91 Å². The highest BCUT2D eigenvalue weighted by Crippen LogP contribution is 2.30. The van der Waals surface area contributed by atoms with E-state index in [-0.39, 0.29) is 24.1 Å². The number of benzene rings is 2. The van der Waals surface area contributed by atoms with Crippen molar-refractivity contribution in [1.29, 1.82) is 0 Å². The first-order chi connectivity index (χ1) is 16.1. The van der Waals surface area contributed by atoms with Crippen LogP contribution in [0.15, 0.2) is 48.5 Å². The zero-order valence-electron chi connectivity index (χ0n) is 18.9. The van der Waals surface area contributed by atoms with Crippen LogP contribution in [0, 0.1) is 5.92 Å². The van der Waals surface area contributed by atoms with Crippen molar-refractivity contribution in [3.05, 3.63) is 70.8 Å². The van der Waals surface area contributed by atoms with Crippen LogP contribution in [0.25, 0.3) is 0 Å². The third kappa shape index (κ3) is 4.86. The largest absolute Gasteiger partial charge is 0.322 e. The predicted molar refractivity (Wildman–Crippen MR) is 125 cm³/mol. The Morgan fingerprint density at radius 3 is 2.64 bits per heavy atom. The fraction of sp³-hybridized carbons (Fsp3) is 0.444. The van der Waals surface area contributed by atoms with Crippen molar-refractivity contribution in [3.63, 3.8) is 0 Å². The average molecular weight is 446 g/mol. The molecular weight excluding hydrogens is 414 g/mol. The number of rotatable bonds is 6. The van der Waals surface area contributed by atoms with E-state index >= 15 is 0 Å². The highest BCUT2D eigenvalue weighted by atomic mass is 16.2. The summed E-state index contributed by atoms with van der Waals surface area (Å²) in [4.78, 5) is 38.2. The molecule has 172 valence electrons. The van der Waals surface area contributed by atoms with Gasteiger partial charge in [0.15, 0.2) is 0 Å². The normalized spacial score (nSPS) is 25.2. The number of carbonyl (C=O) groups excluding carboxylic acids is 3. The predicted octanol–water partition coefficient (Wildman–Crippen LogP) is 3.34. The Morgan fingerprint density at radius 1 is 0.970 bits per heavy atom. The third-order valence-electron chi connectivity index (χ3n) is 7.33. The molecule has 1 saturated carbocycles. The van der Waals surface area contributed by atoms with Gasteiger partial charge >= 0.3 is 0 Å². The van der Waals surface area contributed by atoms with Gasteiger partial charge in [-0.3, -0.25) is 19.7 Å². The van der Waals surface area contributed by atoms with Crippen LogP contribution in [0.2, 0.25) is 0 Å². The third-order valence-corrected chi connectivity index (χ3v) is 7.33. The van der Waals surface area contributed by atoms with E-state index in [1.807, 2.05) is 12.1 Å². The Hall–Kier alpha value is -2.99. The summed E-state index contributed by atoms with van der Waals surface area (Å²) in [5.41, 5.74) is 4.22. The Morgan fingerprint density at radius 2 is 1.82 bits per heavy atom. The van der Waals surface area contributed by atoms with Crippen LogP contribution in [0.3, 0.4) is 0 Å². The molecule has 0 bridgehead atoms.